The van der Waals surface area contributed by atoms with E-state index in [9.17, 15) is 4.79 Å². The van der Waals surface area contributed by atoms with Crippen LogP contribution < -0.4 is 10.1 Å². The van der Waals surface area contributed by atoms with Crippen LogP contribution in [0.15, 0.2) is 48.5 Å². The molecule has 2 rings (SSSR count). The predicted molar refractivity (Wildman–Crippen MR) is 76.6 cm³/mol. The summed E-state index contributed by atoms with van der Waals surface area (Å²) in [5, 5.41) is 2.80. The molecule has 0 fully saturated rings. The van der Waals surface area contributed by atoms with E-state index in [0.29, 0.717) is 6.42 Å². The molecular formula is C16H17NO2. The van der Waals surface area contributed by atoms with Crippen LogP contribution in [0, 0.1) is 6.92 Å². The fraction of sp³-hybridized carbons (Fsp3) is 0.188. The van der Waals surface area contributed by atoms with Gasteiger partial charge in [0.25, 0.3) is 0 Å². The minimum atomic E-state index is 0.00667. The summed E-state index contributed by atoms with van der Waals surface area (Å²) in [5.74, 6) is 1.56. The normalized spacial score (nSPS) is 10.0. The van der Waals surface area contributed by atoms with E-state index >= 15 is 0 Å². The van der Waals surface area contributed by atoms with Gasteiger partial charge >= 0.3 is 0 Å². The van der Waals surface area contributed by atoms with E-state index in [-0.39, 0.29) is 5.91 Å². The number of ether oxygens (including phenoxy) is 1. The zero-order valence-electron chi connectivity index (χ0n) is 11.1. The topological polar surface area (TPSA) is 38.3 Å². The van der Waals surface area contributed by atoms with Crippen molar-refractivity contribution in [3.63, 3.8) is 0 Å². The lowest BCUT2D eigenvalue weighted by molar-refractivity contribution is -0.115. The Morgan fingerprint density at radius 3 is 2.05 bits per heavy atom. The van der Waals surface area contributed by atoms with Gasteiger partial charge in [0.05, 0.1) is 0 Å². The fourth-order valence-electron chi connectivity index (χ4n) is 1.60. The molecule has 0 bridgehead atoms. The van der Waals surface area contributed by atoms with Crippen LogP contribution in [-0.2, 0) is 4.79 Å². The van der Waals surface area contributed by atoms with Crippen LogP contribution >= 0.6 is 0 Å². The smallest absolute Gasteiger partial charge is 0.224 e. The van der Waals surface area contributed by atoms with Gasteiger partial charge in [0.1, 0.15) is 11.5 Å². The fourth-order valence-corrected chi connectivity index (χ4v) is 1.60. The first-order valence-electron chi connectivity index (χ1n) is 6.32. The largest absolute Gasteiger partial charge is 0.457 e. The first kappa shape index (κ1) is 13.1. The van der Waals surface area contributed by atoms with Crippen LogP contribution in [0.1, 0.15) is 18.9 Å². The van der Waals surface area contributed by atoms with Crippen LogP contribution in [0.2, 0.25) is 0 Å². The Labute approximate surface area is 113 Å². The minimum absolute atomic E-state index is 0.00667. The van der Waals surface area contributed by atoms with Gasteiger partial charge in [-0.25, -0.2) is 0 Å². The Bertz CT molecular complexity index is 544. The molecule has 2 aromatic rings. The average Bonchev–Trinajstić information content (AvgIpc) is 2.43. The molecule has 0 saturated carbocycles. The number of nitrogens with one attached hydrogen (secondary N) is 1. The van der Waals surface area contributed by atoms with E-state index in [0.717, 1.165) is 17.2 Å². The first-order chi connectivity index (χ1) is 9.17. The van der Waals surface area contributed by atoms with Crippen molar-refractivity contribution in [2.75, 3.05) is 5.32 Å². The van der Waals surface area contributed by atoms with E-state index in [1.54, 1.807) is 0 Å². The standard InChI is InChI=1S/C16H17NO2/c1-3-16(18)17-13-6-10-15(11-7-13)19-14-8-4-12(2)5-9-14/h4-11H,3H2,1-2H3,(H,17,18). The van der Waals surface area contributed by atoms with Crippen LogP contribution in [0.3, 0.4) is 0 Å². The van der Waals surface area contributed by atoms with Crippen LogP contribution in [0.5, 0.6) is 11.5 Å². The van der Waals surface area contributed by atoms with Gasteiger partial charge in [-0.1, -0.05) is 24.6 Å². The number of hydrogen-bond donors (Lipinski definition) is 1. The molecule has 0 atom stereocenters. The summed E-state index contributed by atoms with van der Waals surface area (Å²) in [6.07, 6.45) is 0.474. The first-order valence-corrected chi connectivity index (χ1v) is 6.32. The molecule has 1 N–H and O–H groups in total. The third-order valence-corrected chi connectivity index (χ3v) is 2.72. The maximum Gasteiger partial charge on any atom is 0.224 e. The Kier molecular flexibility index (Phi) is 4.18. The highest BCUT2D eigenvalue weighted by molar-refractivity contribution is 5.90. The molecule has 98 valence electrons. The molecule has 0 unspecified atom stereocenters. The second-order valence-electron chi connectivity index (χ2n) is 4.34. The van der Waals surface area contributed by atoms with Crippen molar-refractivity contribution in [2.24, 2.45) is 0 Å². The van der Waals surface area contributed by atoms with Crippen molar-refractivity contribution in [1.29, 1.82) is 0 Å². The van der Waals surface area contributed by atoms with Crippen molar-refractivity contribution < 1.29 is 9.53 Å². The summed E-state index contributed by atoms with van der Waals surface area (Å²) in [5.41, 5.74) is 1.98. The molecule has 0 aromatic heterocycles. The molecule has 19 heavy (non-hydrogen) atoms. The van der Waals surface area contributed by atoms with Gasteiger partial charge < -0.3 is 10.1 Å². The van der Waals surface area contributed by atoms with Gasteiger partial charge in [-0.2, -0.15) is 0 Å². The van der Waals surface area contributed by atoms with Crippen LogP contribution in [0.4, 0.5) is 5.69 Å². The summed E-state index contributed by atoms with van der Waals surface area (Å²) in [4.78, 5) is 11.2. The number of hydrogen-bond acceptors (Lipinski definition) is 2. The van der Waals surface area contributed by atoms with Crippen LogP contribution in [-0.4, -0.2) is 5.91 Å². The maximum atomic E-state index is 11.2. The molecule has 0 aliphatic rings. The molecule has 1 amide bonds. The van der Waals surface area contributed by atoms with E-state index in [1.165, 1.54) is 5.56 Å². The number of aryl methyl sites for hydroxylation is 1. The number of carbonyl (C=O) groups excluding carboxylic acids is 1. The summed E-state index contributed by atoms with van der Waals surface area (Å²) in [6.45, 7) is 3.86. The monoisotopic (exact) mass is 255 g/mol. The summed E-state index contributed by atoms with van der Waals surface area (Å²) in [7, 11) is 0. The van der Waals surface area contributed by atoms with Gasteiger partial charge in [0, 0.05) is 12.1 Å². The molecule has 0 spiro atoms. The Morgan fingerprint density at radius 1 is 1.00 bits per heavy atom. The van der Waals surface area contributed by atoms with Crippen molar-refractivity contribution in [2.45, 2.75) is 20.3 Å². The third kappa shape index (κ3) is 3.85. The Hall–Kier alpha value is -2.29. The molecular weight excluding hydrogens is 238 g/mol. The quantitative estimate of drug-likeness (QED) is 0.891. The molecule has 0 aliphatic carbocycles. The number of benzene rings is 2. The van der Waals surface area contributed by atoms with Crippen molar-refractivity contribution in [3.05, 3.63) is 54.1 Å². The lowest BCUT2D eigenvalue weighted by Gasteiger charge is -2.07. The number of amides is 1. The third-order valence-electron chi connectivity index (χ3n) is 2.72. The highest BCUT2D eigenvalue weighted by Gasteiger charge is 2.00. The molecule has 0 radical (unpaired) electrons. The minimum Gasteiger partial charge on any atom is -0.457 e. The molecule has 3 nitrogen and oxygen atoms in total. The number of rotatable bonds is 4. The average molecular weight is 255 g/mol. The molecule has 0 saturated heterocycles. The second kappa shape index (κ2) is 6.05. The van der Waals surface area contributed by atoms with E-state index in [2.05, 4.69) is 5.32 Å². The number of carbonyl (C=O) groups is 1. The number of anilines is 1. The molecule has 0 aliphatic heterocycles. The van der Waals surface area contributed by atoms with Gasteiger partial charge in [-0.3, -0.25) is 4.79 Å². The van der Waals surface area contributed by atoms with Gasteiger partial charge in [-0.05, 0) is 43.3 Å². The van der Waals surface area contributed by atoms with Crippen molar-refractivity contribution >= 4 is 11.6 Å². The summed E-state index contributed by atoms with van der Waals surface area (Å²) < 4.78 is 5.71. The van der Waals surface area contributed by atoms with Gasteiger partial charge in [0.2, 0.25) is 5.91 Å². The lowest BCUT2D eigenvalue weighted by Crippen LogP contribution is -2.08. The summed E-state index contributed by atoms with van der Waals surface area (Å²) >= 11 is 0. The molecule has 0 heterocycles. The second-order valence-corrected chi connectivity index (χ2v) is 4.34. The summed E-state index contributed by atoms with van der Waals surface area (Å²) in [6, 6.07) is 15.2. The zero-order valence-corrected chi connectivity index (χ0v) is 11.1. The highest BCUT2D eigenvalue weighted by atomic mass is 16.5. The predicted octanol–water partition coefficient (Wildman–Crippen LogP) is 4.14. The van der Waals surface area contributed by atoms with Crippen molar-refractivity contribution in [3.8, 4) is 11.5 Å². The zero-order chi connectivity index (χ0) is 13.7. The van der Waals surface area contributed by atoms with E-state index < -0.39 is 0 Å². The van der Waals surface area contributed by atoms with Crippen LogP contribution in [0.25, 0.3) is 0 Å². The molecule has 2 aromatic carbocycles. The van der Waals surface area contributed by atoms with E-state index in [4.69, 9.17) is 4.74 Å². The van der Waals surface area contributed by atoms with E-state index in [1.807, 2.05) is 62.4 Å². The Morgan fingerprint density at radius 2 is 1.53 bits per heavy atom. The lowest BCUT2D eigenvalue weighted by atomic mass is 10.2. The Balaban J connectivity index is 2.02. The highest BCUT2D eigenvalue weighted by Crippen LogP contribution is 2.23. The maximum absolute atomic E-state index is 11.2. The van der Waals surface area contributed by atoms with Gasteiger partial charge in [-0.15, -0.1) is 0 Å². The SMILES string of the molecule is CCC(=O)Nc1ccc(Oc2ccc(C)cc2)cc1. The van der Waals surface area contributed by atoms with Crippen molar-refractivity contribution in [1.82, 2.24) is 0 Å². The van der Waals surface area contributed by atoms with Gasteiger partial charge in [0.15, 0.2) is 0 Å². The molecule has 3 heteroatoms.